The topological polar surface area (TPSA) is 17.1 Å². The van der Waals surface area contributed by atoms with Gasteiger partial charge in [-0.25, -0.2) is 0 Å². The Hall–Kier alpha value is -0.740. The molecule has 0 aliphatic carbocycles. The number of Topliss-reactive ketones (excluding diaryl/α,β-unsaturated/α-hetero) is 1. The lowest BCUT2D eigenvalue weighted by Crippen LogP contribution is -2.08. The molecule has 1 rings (SSSR count). The molecule has 0 aliphatic rings. The van der Waals surface area contributed by atoms with Crippen LogP contribution in [0.15, 0.2) is 12.1 Å². The second-order valence-electron chi connectivity index (χ2n) is 2.87. The largest absolute Gasteiger partial charge is 0.417 e. The summed E-state index contributed by atoms with van der Waals surface area (Å²) >= 11 is 10.9. The van der Waals surface area contributed by atoms with E-state index in [0.717, 1.165) is 13.0 Å². The molecule has 1 aromatic carbocycles. The number of halogens is 5. The third-order valence-corrected chi connectivity index (χ3v) is 2.37. The molecule has 6 heteroatoms. The fourth-order valence-corrected chi connectivity index (χ4v) is 1.66. The van der Waals surface area contributed by atoms with Crippen molar-refractivity contribution in [2.75, 3.05) is 0 Å². The van der Waals surface area contributed by atoms with Gasteiger partial charge in [-0.1, -0.05) is 23.2 Å². The van der Waals surface area contributed by atoms with E-state index in [4.69, 9.17) is 23.2 Å². The van der Waals surface area contributed by atoms with Crippen molar-refractivity contribution in [3.8, 4) is 0 Å². The monoisotopic (exact) mass is 256 g/mol. The van der Waals surface area contributed by atoms with Crippen LogP contribution in [0.2, 0.25) is 10.0 Å². The normalized spacial score (nSPS) is 11.6. The zero-order valence-electron chi connectivity index (χ0n) is 7.45. The van der Waals surface area contributed by atoms with Crippen LogP contribution < -0.4 is 0 Å². The summed E-state index contributed by atoms with van der Waals surface area (Å²) in [5, 5.41) is -0.599. The Morgan fingerprint density at radius 3 is 2.13 bits per heavy atom. The van der Waals surface area contributed by atoms with E-state index < -0.39 is 22.5 Å². The van der Waals surface area contributed by atoms with Crippen LogP contribution in [0, 0.1) is 0 Å². The Kier molecular flexibility index (Phi) is 3.31. The van der Waals surface area contributed by atoms with E-state index in [1.54, 1.807) is 0 Å². The van der Waals surface area contributed by atoms with Crippen molar-refractivity contribution in [3.63, 3.8) is 0 Å². The summed E-state index contributed by atoms with van der Waals surface area (Å²) in [6, 6.07) is 1.58. The second-order valence-corrected chi connectivity index (χ2v) is 3.68. The molecule has 1 aromatic rings. The first-order valence-electron chi connectivity index (χ1n) is 3.80. The van der Waals surface area contributed by atoms with Gasteiger partial charge in [-0.2, -0.15) is 13.2 Å². The van der Waals surface area contributed by atoms with Crippen LogP contribution in [-0.4, -0.2) is 5.78 Å². The van der Waals surface area contributed by atoms with Gasteiger partial charge in [0.05, 0.1) is 15.6 Å². The van der Waals surface area contributed by atoms with Gasteiger partial charge in [0.1, 0.15) is 0 Å². The number of alkyl halides is 3. The number of carbonyl (C=O) groups excluding carboxylic acids is 1. The van der Waals surface area contributed by atoms with Crippen LogP contribution >= 0.6 is 23.2 Å². The summed E-state index contributed by atoms with van der Waals surface area (Å²) in [4.78, 5) is 11.0. The molecule has 0 aromatic heterocycles. The first kappa shape index (κ1) is 12.3. The van der Waals surface area contributed by atoms with Crippen molar-refractivity contribution >= 4 is 29.0 Å². The second kappa shape index (κ2) is 4.02. The molecular weight excluding hydrogens is 252 g/mol. The third-order valence-electron chi connectivity index (χ3n) is 1.74. The lowest BCUT2D eigenvalue weighted by molar-refractivity contribution is -0.137. The fraction of sp³-hybridized carbons (Fsp3) is 0.222. The predicted molar refractivity (Wildman–Crippen MR) is 51.5 cm³/mol. The lowest BCUT2D eigenvalue weighted by Gasteiger charge is -2.11. The summed E-state index contributed by atoms with van der Waals surface area (Å²) in [6.45, 7) is 1.13. The van der Waals surface area contributed by atoms with E-state index in [9.17, 15) is 18.0 Å². The summed E-state index contributed by atoms with van der Waals surface area (Å²) < 4.78 is 37.2. The number of hydrogen-bond acceptors (Lipinski definition) is 1. The zero-order valence-corrected chi connectivity index (χ0v) is 8.96. The molecule has 0 aliphatic heterocycles. The molecule has 0 unspecified atom stereocenters. The zero-order chi connectivity index (χ0) is 11.8. The number of carbonyl (C=O) groups is 1. The number of benzene rings is 1. The lowest BCUT2D eigenvalue weighted by atomic mass is 10.1. The van der Waals surface area contributed by atoms with Gasteiger partial charge >= 0.3 is 6.18 Å². The van der Waals surface area contributed by atoms with E-state index in [-0.39, 0.29) is 10.6 Å². The van der Waals surface area contributed by atoms with Crippen molar-refractivity contribution < 1.29 is 18.0 Å². The minimum Gasteiger partial charge on any atom is -0.294 e. The summed E-state index contributed by atoms with van der Waals surface area (Å²) in [7, 11) is 0. The minimum atomic E-state index is -4.59. The molecule has 15 heavy (non-hydrogen) atoms. The van der Waals surface area contributed by atoms with E-state index in [1.165, 1.54) is 0 Å². The van der Waals surface area contributed by atoms with Crippen LogP contribution in [-0.2, 0) is 6.18 Å². The van der Waals surface area contributed by atoms with Crippen molar-refractivity contribution in [1.82, 2.24) is 0 Å². The fourth-order valence-electron chi connectivity index (χ4n) is 1.04. The Morgan fingerprint density at radius 1 is 1.20 bits per heavy atom. The maximum absolute atomic E-state index is 12.4. The number of rotatable bonds is 1. The molecule has 0 saturated heterocycles. The summed E-state index contributed by atoms with van der Waals surface area (Å²) in [5.41, 5.74) is -1.24. The Bertz CT molecular complexity index is 413. The van der Waals surface area contributed by atoms with E-state index in [2.05, 4.69) is 0 Å². The maximum Gasteiger partial charge on any atom is 0.417 e. The highest BCUT2D eigenvalue weighted by Gasteiger charge is 2.34. The van der Waals surface area contributed by atoms with Gasteiger partial charge in [-0.15, -0.1) is 0 Å². The van der Waals surface area contributed by atoms with Gasteiger partial charge in [0.2, 0.25) is 0 Å². The number of ketones is 1. The van der Waals surface area contributed by atoms with Gasteiger partial charge in [-0.05, 0) is 19.1 Å². The molecule has 0 heterocycles. The van der Waals surface area contributed by atoms with Crippen LogP contribution in [0.4, 0.5) is 13.2 Å². The minimum absolute atomic E-state index is 0.0829. The van der Waals surface area contributed by atoms with E-state index >= 15 is 0 Å². The van der Waals surface area contributed by atoms with Crippen LogP contribution in [0.1, 0.15) is 22.8 Å². The molecule has 1 nitrogen and oxygen atoms in total. The molecule has 0 spiro atoms. The molecule has 0 saturated carbocycles. The quantitative estimate of drug-likeness (QED) is 0.688. The molecule has 0 fully saturated rings. The van der Waals surface area contributed by atoms with Gasteiger partial charge in [-0.3, -0.25) is 4.79 Å². The Balaban J connectivity index is 3.43. The SMILES string of the molecule is CC(=O)c1cc(C(F)(F)F)c(Cl)cc1Cl. The first-order chi connectivity index (χ1) is 6.73. The van der Waals surface area contributed by atoms with Crippen LogP contribution in [0.3, 0.4) is 0 Å². The molecule has 0 N–H and O–H groups in total. The first-order valence-corrected chi connectivity index (χ1v) is 4.56. The average Bonchev–Trinajstić information content (AvgIpc) is 2.00. The standard InChI is InChI=1S/C9H5Cl2F3O/c1-4(15)5-2-6(9(12,13)14)8(11)3-7(5)10/h2-3H,1H3. The maximum atomic E-state index is 12.4. The molecule has 82 valence electrons. The molecule has 0 atom stereocenters. The highest BCUT2D eigenvalue weighted by molar-refractivity contribution is 6.37. The van der Waals surface area contributed by atoms with Gasteiger partial charge < -0.3 is 0 Å². The van der Waals surface area contributed by atoms with Crippen LogP contribution in [0.25, 0.3) is 0 Å². The van der Waals surface area contributed by atoms with E-state index in [0.29, 0.717) is 6.07 Å². The van der Waals surface area contributed by atoms with E-state index in [1.807, 2.05) is 0 Å². The predicted octanol–water partition coefficient (Wildman–Crippen LogP) is 4.21. The van der Waals surface area contributed by atoms with Crippen LogP contribution in [0.5, 0.6) is 0 Å². The van der Waals surface area contributed by atoms with Gasteiger partial charge in [0.25, 0.3) is 0 Å². The summed E-state index contributed by atoms with van der Waals surface area (Å²) in [6.07, 6.45) is -4.59. The summed E-state index contributed by atoms with van der Waals surface area (Å²) in [5.74, 6) is -0.540. The molecular formula is C9H5Cl2F3O. The Labute approximate surface area is 93.8 Å². The van der Waals surface area contributed by atoms with Gasteiger partial charge in [0.15, 0.2) is 5.78 Å². The average molecular weight is 257 g/mol. The highest BCUT2D eigenvalue weighted by atomic mass is 35.5. The van der Waals surface area contributed by atoms with Gasteiger partial charge in [0, 0.05) is 5.56 Å². The molecule has 0 radical (unpaired) electrons. The van der Waals surface area contributed by atoms with Crippen molar-refractivity contribution in [2.24, 2.45) is 0 Å². The smallest absolute Gasteiger partial charge is 0.294 e. The molecule has 0 bridgehead atoms. The van der Waals surface area contributed by atoms with Crippen molar-refractivity contribution in [1.29, 1.82) is 0 Å². The Morgan fingerprint density at radius 2 is 1.73 bits per heavy atom. The number of hydrogen-bond donors (Lipinski definition) is 0. The third kappa shape index (κ3) is 2.63. The van der Waals surface area contributed by atoms with Crippen molar-refractivity contribution in [3.05, 3.63) is 33.3 Å². The highest BCUT2D eigenvalue weighted by Crippen LogP contribution is 2.37. The van der Waals surface area contributed by atoms with Crippen molar-refractivity contribution in [2.45, 2.75) is 13.1 Å². The molecule has 0 amide bonds.